The zero-order chi connectivity index (χ0) is 18.5. The molecule has 7 nitrogen and oxygen atoms in total. The van der Waals surface area contributed by atoms with Gasteiger partial charge in [-0.3, -0.25) is 9.88 Å². The molecule has 1 aliphatic heterocycles. The third kappa shape index (κ3) is 4.25. The molecule has 3 heterocycles. The molecule has 0 saturated carbocycles. The Labute approximate surface area is 158 Å². The highest BCUT2D eigenvalue weighted by Gasteiger charge is 2.26. The molecule has 3 aromatic rings. The van der Waals surface area contributed by atoms with Gasteiger partial charge in [-0.15, -0.1) is 0 Å². The highest BCUT2D eigenvalue weighted by molar-refractivity contribution is 5.36. The molecule has 0 spiro atoms. The van der Waals surface area contributed by atoms with Gasteiger partial charge in [0.25, 0.3) is 0 Å². The van der Waals surface area contributed by atoms with E-state index in [1.165, 1.54) is 0 Å². The molecule has 0 unspecified atom stereocenters. The first-order chi connectivity index (χ1) is 13.3. The SMILES string of the molecule is COc1cccc(Oc2nccnc2[C@H]2CCCN(Cc3cnc[nH]3)C2)c1. The van der Waals surface area contributed by atoms with E-state index in [0.717, 1.165) is 49.6 Å². The minimum Gasteiger partial charge on any atom is -0.497 e. The van der Waals surface area contributed by atoms with Crippen molar-refractivity contribution in [3.05, 3.63) is 60.6 Å². The normalized spacial score (nSPS) is 17.6. The average molecular weight is 365 g/mol. The minimum absolute atomic E-state index is 0.288. The number of hydrogen-bond donors (Lipinski definition) is 1. The smallest absolute Gasteiger partial charge is 0.241 e. The van der Waals surface area contributed by atoms with Crippen molar-refractivity contribution in [1.82, 2.24) is 24.8 Å². The van der Waals surface area contributed by atoms with Crippen LogP contribution in [0.25, 0.3) is 0 Å². The molecule has 4 rings (SSSR count). The van der Waals surface area contributed by atoms with Crippen LogP contribution in [0.4, 0.5) is 0 Å². The second-order valence-electron chi connectivity index (χ2n) is 6.68. The number of imidazole rings is 1. The van der Waals surface area contributed by atoms with Crippen molar-refractivity contribution in [1.29, 1.82) is 0 Å². The van der Waals surface area contributed by atoms with Crippen LogP contribution in [0.3, 0.4) is 0 Å². The molecule has 1 aliphatic rings. The molecule has 2 aromatic heterocycles. The fraction of sp³-hybridized carbons (Fsp3) is 0.350. The lowest BCUT2D eigenvalue weighted by atomic mass is 9.94. The Morgan fingerprint density at radius 1 is 1.22 bits per heavy atom. The highest BCUT2D eigenvalue weighted by atomic mass is 16.5. The quantitative estimate of drug-likeness (QED) is 0.722. The number of likely N-dealkylation sites (tertiary alicyclic amines) is 1. The van der Waals surface area contributed by atoms with E-state index in [1.54, 1.807) is 25.8 Å². The van der Waals surface area contributed by atoms with Gasteiger partial charge in [0.2, 0.25) is 5.88 Å². The summed E-state index contributed by atoms with van der Waals surface area (Å²) in [6, 6.07) is 7.53. The molecule has 1 N–H and O–H groups in total. The zero-order valence-corrected chi connectivity index (χ0v) is 15.3. The molecule has 0 aliphatic carbocycles. The summed E-state index contributed by atoms with van der Waals surface area (Å²) >= 11 is 0. The number of benzene rings is 1. The van der Waals surface area contributed by atoms with Crippen molar-refractivity contribution in [3.63, 3.8) is 0 Å². The van der Waals surface area contributed by atoms with E-state index in [0.29, 0.717) is 11.6 Å². The Hall–Kier alpha value is -2.93. The molecule has 140 valence electrons. The van der Waals surface area contributed by atoms with Gasteiger partial charge in [-0.25, -0.2) is 9.97 Å². The molecule has 0 amide bonds. The van der Waals surface area contributed by atoms with Gasteiger partial charge in [0, 0.05) is 49.4 Å². The number of piperidine rings is 1. The fourth-order valence-corrected chi connectivity index (χ4v) is 3.51. The molecule has 1 saturated heterocycles. The number of aromatic nitrogens is 4. The summed E-state index contributed by atoms with van der Waals surface area (Å²) in [6.45, 7) is 2.86. The van der Waals surface area contributed by atoms with Crippen molar-refractivity contribution in [3.8, 4) is 17.4 Å². The molecule has 27 heavy (non-hydrogen) atoms. The van der Waals surface area contributed by atoms with Crippen LogP contribution in [0.2, 0.25) is 0 Å². The number of methoxy groups -OCH3 is 1. The van der Waals surface area contributed by atoms with Crippen LogP contribution in [0.1, 0.15) is 30.1 Å². The van der Waals surface area contributed by atoms with Crippen LogP contribution in [-0.4, -0.2) is 45.0 Å². The van der Waals surface area contributed by atoms with Crippen molar-refractivity contribution < 1.29 is 9.47 Å². The van der Waals surface area contributed by atoms with Gasteiger partial charge in [-0.2, -0.15) is 0 Å². The first-order valence-electron chi connectivity index (χ1n) is 9.14. The van der Waals surface area contributed by atoms with E-state index in [9.17, 15) is 0 Å². The lowest BCUT2D eigenvalue weighted by Crippen LogP contribution is -2.34. The molecule has 0 bridgehead atoms. The summed E-state index contributed by atoms with van der Waals surface area (Å²) in [7, 11) is 1.64. The maximum absolute atomic E-state index is 6.06. The van der Waals surface area contributed by atoms with Crippen LogP contribution in [0.15, 0.2) is 49.2 Å². The minimum atomic E-state index is 0.288. The van der Waals surface area contributed by atoms with E-state index >= 15 is 0 Å². The largest absolute Gasteiger partial charge is 0.497 e. The van der Waals surface area contributed by atoms with E-state index < -0.39 is 0 Å². The maximum atomic E-state index is 6.06. The fourth-order valence-electron chi connectivity index (χ4n) is 3.51. The van der Waals surface area contributed by atoms with E-state index in [-0.39, 0.29) is 5.92 Å². The van der Waals surface area contributed by atoms with Crippen LogP contribution >= 0.6 is 0 Å². The van der Waals surface area contributed by atoms with Gasteiger partial charge in [0.15, 0.2) is 0 Å². The standard InChI is InChI=1S/C20H23N5O2/c1-26-17-5-2-6-18(10-17)27-20-19(22-7-8-23-20)15-4-3-9-25(12-15)13-16-11-21-14-24-16/h2,5-8,10-11,14-15H,3-4,9,12-13H2,1H3,(H,21,24)/t15-/m0/s1. The lowest BCUT2D eigenvalue weighted by Gasteiger charge is -2.32. The molecule has 1 aromatic carbocycles. The summed E-state index contributed by atoms with van der Waals surface area (Å²) < 4.78 is 11.3. The van der Waals surface area contributed by atoms with Crippen molar-refractivity contribution in [2.45, 2.75) is 25.3 Å². The van der Waals surface area contributed by atoms with E-state index in [2.05, 4.69) is 24.8 Å². The van der Waals surface area contributed by atoms with Gasteiger partial charge in [-0.1, -0.05) is 6.07 Å². The first kappa shape index (κ1) is 17.5. The monoisotopic (exact) mass is 365 g/mol. The lowest BCUT2D eigenvalue weighted by molar-refractivity contribution is 0.195. The number of ether oxygens (including phenoxy) is 2. The van der Waals surface area contributed by atoms with Crippen LogP contribution in [0.5, 0.6) is 17.4 Å². The summed E-state index contributed by atoms with van der Waals surface area (Å²) in [5.74, 6) is 2.30. The number of nitrogens with zero attached hydrogens (tertiary/aromatic N) is 4. The average Bonchev–Trinajstić information content (AvgIpc) is 3.22. The second kappa shape index (κ2) is 8.18. The van der Waals surface area contributed by atoms with Gasteiger partial charge in [0.1, 0.15) is 17.2 Å². The van der Waals surface area contributed by atoms with Crippen LogP contribution in [0, 0.1) is 0 Å². The Morgan fingerprint density at radius 3 is 2.96 bits per heavy atom. The molecular weight excluding hydrogens is 342 g/mol. The Morgan fingerprint density at radius 2 is 2.11 bits per heavy atom. The Bertz CT molecular complexity index is 868. The Balaban J connectivity index is 1.51. The van der Waals surface area contributed by atoms with Gasteiger partial charge < -0.3 is 14.5 Å². The number of H-pyrrole nitrogens is 1. The number of aromatic amines is 1. The van der Waals surface area contributed by atoms with Crippen molar-refractivity contribution in [2.24, 2.45) is 0 Å². The molecule has 1 atom stereocenters. The predicted octanol–water partition coefficient (Wildman–Crippen LogP) is 3.38. The van der Waals surface area contributed by atoms with Gasteiger partial charge in [0.05, 0.1) is 13.4 Å². The Kier molecular flexibility index (Phi) is 5.29. The summed E-state index contributed by atoms with van der Waals surface area (Å²) in [5, 5.41) is 0. The summed E-state index contributed by atoms with van der Waals surface area (Å²) in [4.78, 5) is 18.8. The molecule has 1 fully saturated rings. The summed E-state index contributed by atoms with van der Waals surface area (Å²) in [6.07, 6.45) is 9.20. The van der Waals surface area contributed by atoms with E-state index in [4.69, 9.17) is 9.47 Å². The first-order valence-corrected chi connectivity index (χ1v) is 9.14. The third-order valence-electron chi connectivity index (χ3n) is 4.79. The topological polar surface area (TPSA) is 76.2 Å². The third-order valence-corrected chi connectivity index (χ3v) is 4.79. The van der Waals surface area contributed by atoms with Crippen LogP contribution in [-0.2, 0) is 6.54 Å². The van der Waals surface area contributed by atoms with E-state index in [1.807, 2.05) is 30.5 Å². The molecule has 0 radical (unpaired) electrons. The number of nitrogens with one attached hydrogen (secondary N) is 1. The molecular formula is C20H23N5O2. The highest BCUT2D eigenvalue weighted by Crippen LogP contribution is 2.33. The zero-order valence-electron chi connectivity index (χ0n) is 15.3. The maximum Gasteiger partial charge on any atom is 0.241 e. The predicted molar refractivity (Wildman–Crippen MR) is 101 cm³/mol. The molecule has 7 heteroatoms. The second-order valence-corrected chi connectivity index (χ2v) is 6.68. The number of rotatable bonds is 6. The number of hydrogen-bond acceptors (Lipinski definition) is 6. The van der Waals surface area contributed by atoms with Crippen molar-refractivity contribution in [2.75, 3.05) is 20.2 Å². The van der Waals surface area contributed by atoms with Crippen LogP contribution < -0.4 is 9.47 Å². The van der Waals surface area contributed by atoms with Crippen molar-refractivity contribution >= 4 is 0 Å². The summed E-state index contributed by atoms with van der Waals surface area (Å²) in [5.41, 5.74) is 2.04. The van der Waals surface area contributed by atoms with Gasteiger partial charge >= 0.3 is 0 Å². The van der Waals surface area contributed by atoms with Gasteiger partial charge in [-0.05, 0) is 31.5 Å².